The lowest BCUT2D eigenvalue weighted by Crippen LogP contribution is -2.52. The largest absolute Gasteiger partial charge is 0.379 e. The highest BCUT2D eigenvalue weighted by atomic mass is 16.5. The molecule has 0 amide bonds. The molecule has 0 radical (unpaired) electrons. The van der Waals surface area contributed by atoms with Crippen LogP contribution in [-0.4, -0.2) is 42.8 Å². The summed E-state index contributed by atoms with van der Waals surface area (Å²) in [6.45, 7) is 16.0. The lowest BCUT2D eigenvalue weighted by molar-refractivity contribution is 0.0725. The summed E-state index contributed by atoms with van der Waals surface area (Å²) in [6.07, 6.45) is 1.95. The molecule has 0 spiro atoms. The maximum Gasteiger partial charge on any atom is 0.0624 e. The Hall–Kier alpha value is -0.380. The minimum atomic E-state index is 0.0658. The van der Waals surface area contributed by atoms with Crippen LogP contribution in [-0.2, 0) is 4.74 Å². The molecule has 2 N–H and O–H groups in total. The van der Waals surface area contributed by atoms with Crippen LogP contribution in [0.25, 0.3) is 0 Å². The molecular weight excluding hydrogens is 200 g/mol. The Morgan fingerprint density at radius 1 is 1.56 bits per heavy atom. The van der Waals surface area contributed by atoms with Gasteiger partial charge >= 0.3 is 0 Å². The Balaban J connectivity index is 2.71. The molecule has 3 nitrogen and oxygen atoms in total. The van der Waals surface area contributed by atoms with Crippen molar-refractivity contribution in [2.75, 3.05) is 26.3 Å². The van der Waals surface area contributed by atoms with Crippen LogP contribution >= 0.6 is 0 Å². The number of nitrogens with zero attached hydrogens (tertiary/aromatic N) is 1. The first kappa shape index (κ1) is 13.7. The molecule has 3 heteroatoms. The third-order valence-electron chi connectivity index (χ3n) is 3.47. The maximum absolute atomic E-state index is 6.12. The topological polar surface area (TPSA) is 38.5 Å². The number of rotatable bonds is 4. The van der Waals surface area contributed by atoms with Crippen LogP contribution in [0.1, 0.15) is 27.7 Å². The van der Waals surface area contributed by atoms with Gasteiger partial charge in [-0.3, -0.25) is 4.90 Å². The molecule has 94 valence electrons. The van der Waals surface area contributed by atoms with E-state index in [9.17, 15) is 0 Å². The Bertz CT molecular complexity index is 247. The van der Waals surface area contributed by atoms with E-state index in [1.165, 1.54) is 0 Å². The van der Waals surface area contributed by atoms with Gasteiger partial charge in [0.25, 0.3) is 0 Å². The Kier molecular flexibility index (Phi) is 4.16. The summed E-state index contributed by atoms with van der Waals surface area (Å²) < 4.78 is 5.49. The van der Waals surface area contributed by atoms with E-state index in [2.05, 4.69) is 39.2 Å². The van der Waals surface area contributed by atoms with Gasteiger partial charge in [0.15, 0.2) is 0 Å². The van der Waals surface area contributed by atoms with Crippen LogP contribution in [0.2, 0.25) is 0 Å². The fourth-order valence-corrected chi connectivity index (χ4v) is 2.06. The lowest BCUT2D eigenvalue weighted by atomic mass is 9.84. The van der Waals surface area contributed by atoms with E-state index in [-0.39, 0.29) is 17.0 Å². The van der Waals surface area contributed by atoms with Gasteiger partial charge in [0.1, 0.15) is 0 Å². The van der Waals surface area contributed by atoms with Crippen molar-refractivity contribution >= 4 is 0 Å². The summed E-state index contributed by atoms with van der Waals surface area (Å²) >= 11 is 0. The number of hydrogen-bond donors (Lipinski definition) is 1. The van der Waals surface area contributed by atoms with E-state index in [4.69, 9.17) is 10.5 Å². The molecule has 1 rings (SSSR count). The molecule has 2 atom stereocenters. The molecule has 1 fully saturated rings. The van der Waals surface area contributed by atoms with E-state index in [1.807, 2.05) is 6.08 Å². The average molecular weight is 226 g/mol. The monoisotopic (exact) mass is 226 g/mol. The number of ether oxygens (including phenoxy) is 1. The highest BCUT2D eigenvalue weighted by Crippen LogP contribution is 2.30. The predicted octanol–water partition coefficient (Wildman–Crippen LogP) is 1.64. The van der Waals surface area contributed by atoms with Gasteiger partial charge in [-0.25, -0.2) is 0 Å². The normalized spacial score (nSPS) is 31.0. The van der Waals surface area contributed by atoms with Crippen molar-refractivity contribution in [3.05, 3.63) is 12.7 Å². The van der Waals surface area contributed by atoms with Gasteiger partial charge in [-0.1, -0.05) is 13.0 Å². The van der Waals surface area contributed by atoms with Crippen molar-refractivity contribution < 1.29 is 4.74 Å². The van der Waals surface area contributed by atoms with E-state index in [0.717, 1.165) is 19.7 Å². The van der Waals surface area contributed by atoms with Crippen molar-refractivity contribution in [3.63, 3.8) is 0 Å². The summed E-state index contributed by atoms with van der Waals surface area (Å²) in [4.78, 5) is 2.41. The first-order valence-electron chi connectivity index (χ1n) is 5.99. The second kappa shape index (κ2) is 4.86. The van der Waals surface area contributed by atoms with Crippen molar-refractivity contribution in [1.82, 2.24) is 4.90 Å². The summed E-state index contributed by atoms with van der Waals surface area (Å²) in [5.74, 6) is 0. The third-order valence-corrected chi connectivity index (χ3v) is 3.47. The van der Waals surface area contributed by atoms with Crippen LogP contribution in [0.15, 0.2) is 12.7 Å². The zero-order valence-corrected chi connectivity index (χ0v) is 11.1. The molecule has 0 aliphatic carbocycles. The zero-order valence-electron chi connectivity index (χ0n) is 11.1. The fourth-order valence-electron chi connectivity index (χ4n) is 2.06. The predicted molar refractivity (Wildman–Crippen MR) is 68.4 cm³/mol. The van der Waals surface area contributed by atoms with Gasteiger partial charge in [0.05, 0.1) is 13.2 Å². The Morgan fingerprint density at radius 3 is 2.56 bits per heavy atom. The zero-order chi connectivity index (χ0) is 12.4. The maximum atomic E-state index is 6.12. The highest BCUT2D eigenvalue weighted by Gasteiger charge is 2.40. The molecule has 0 aromatic carbocycles. The number of hydrogen-bond acceptors (Lipinski definition) is 3. The van der Waals surface area contributed by atoms with Gasteiger partial charge in [0.2, 0.25) is 0 Å². The van der Waals surface area contributed by atoms with E-state index in [0.29, 0.717) is 6.61 Å². The van der Waals surface area contributed by atoms with E-state index >= 15 is 0 Å². The molecule has 1 heterocycles. The quantitative estimate of drug-likeness (QED) is 0.741. The van der Waals surface area contributed by atoms with Crippen molar-refractivity contribution in [2.24, 2.45) is 11.1 Å². The lowest BCUT2D eigenvalue weighted by Gasteiger charge is -2.41. The average Bonchev–Trinajstić information content (AvgIpc) is 2.45. The minimum Gasteiger partial charge on any atom is -0.379 e. The fraction of sp³-hybridized carbons (Fsp3) is 0.846. The molecule has 0 aromatic heterocycles. The van der Waals surface area contributed by atoms with Gasteiger partial charge in [0, 0.05) is 30.1 Å². The Labute approximate surface area is 99.6 Å². The summed E-state index contributed by atoms with van der Waals surface area (Å²) in [6, 6.07) is 0.141. The van der Waals surface area contributed by atoms with Crippen molar-refractivity contribution in [1.29, 1.82) is 0 Å². The van der Waals surface area contributed by atoms with Crippen LogP contribution in [0, 0.1) is 5.41 Å². The third kappa shape index (κ3) is 3.06. The smallest absolute Gasteiger partial charge is 0.0624 e. The van der Waals surface area contributed by atoms with Crippen molar-refractivity contribution in [2.45, 2.75) is 39.3 Å². The Morgan fingerprint density at radius 2 is 2.19 bits per heavy atom. The van der Waals surface area contributed by atoms with E-state index in [1.54, 1.807) is 0 Å². The summed E-state index contributed by atoms with van der Waals surface area (Å²) in [5, 5.41) is 0. The first-order chi connectivity index (χ1) is 7.29. The van der Waals surface area contributed by atoms with Crippen LogP contribution < -0.4 is 5.73 Å². The molecule has 1 saturated heterocycles. The number of nitrogens with two attached hydrogens (primary N) is 1. The van der Waals surface area contributed by atoms with Crippen LogP contribution in [0.5, 0.6) is 0 Å². The molecule has 0 aromatic rings. The second-order valence-electron chi connectivity index (χ2n) is 6.12. The molecule has 1 aliphatic heterocycles. The second-order valence-corrected chi connectivity index (χ2v) is 6.12. The SMILES string of the molecule is C=CCN(CC1(C)COCC1N)C(C)(C)C. The first-order valence-corrected chi connectivity index (χ1v) is 5.99. The van der Waals surface area contributed by atoms with Crippen LogP contribution in [0.4, 0.5) is 0 Å². The molecule has 0 bridgehead atoms. The van der Waals surface area contributed by atoms with Gasteiger partial charge in [-0.05, 0) is 20.8 Å². The van der Waals surface area contributed by atoms with Gasteiger partial charge in [-0.2, -0.15) is 0 Å². The molecule has 0 saturated carbocycles. The van der Waals surface area contributed by atoms with E-state index < -0.39 is 0 Å². The molecule has 1 aliphatic rings. The molecule has 16 heavy (non-hydrogen) atoms. The minimum absolute atomic E-state index is 0.0658. The standard InChI is InChI=1S/C13H26N2O/c1-6-7-15(12(2,3)4)9-13(5)10-16-8-11(13)14/h6,11H,1,7-10,14H2,2-5H3. The molecule has 2 unspecified atom stereocenters. The summed E-state index contributed by atoms with van der Waals surface area (Å²) in [5.41, 5.74) is 6.33. The van der Waals surface area contributed by atoms with Gasteiger partial charge in [-0.15, -0.1) is 6.58 Å². The summed E-state index contributed by atoms with van der Waals surface area (Å²) in [7, 11) is 0. The van der Waals surface area contributed by atoms with Gasteiger partial charge < -0.3 is 10.5 Å². The van der Waals surface area contributed by atoms with Crippen molar-refractivity contribution in [3.8, 4) is 0 Å². The highest BCUT2D eigenvalue weighted by molar-refractivity contribution is 4.95. The molecular formula is C13H26N2O. The van der Waals surface area contributed by atoms with Crippen LogP contribution in [0.3, 0.4) is 0 Å².